The maximum absolute atomic E-state index is 11.6. The fourth-order valence-corrected chi connectivity index (χ4v) is 3.26. The van der Waals surface area contributed by atoms with Crippen LogP contribution in [-0.2, 0) is 17.3 Å². The Balaban J connectivity index is 2.33. The van der Waals surface area contributed by atoms with Crippen LogP contribution in [0.4, 0.5) is 0 Å². The zero-order valence-corrected chi connectivity index (χ0v) is 10.9. The molecule has 1 aromatic heterocycles. The number of aliphatic carboxylic acids is 1. The topological polar surface area (TPSA) is 42.2 Å². The maximum atomic E-state index is 11.6. The summed E-state index contributed by atoms with van der Waals surface area (Å²) in [6.45, 7) is 0. The van der Waals surface area contributed by atoms with Gasteiger partial charge in [-0.1, -0.05) is 30.2 Å². The highest BCUT2D eigenvalue weighted by atomic mass is 35.5. The maximum Gasteiger partial charge on any atom is 0.314 e. The molecule has 2 aromatic rings. The molecule has 1 aromatic carbocycles. The van der Waals surface area contributed by atoms with Gasteiger partial charge in [0.05, 0.1) is 10.4 Å². The molecule has 1 N–H and O–H groups in total. The summed E-state index contributed by atoms with van der Waals surface area (Å²) in [4.78, 5) is 11.6. The van der Waals surface area contributed by atoms with Crippen LogP contribution in [0.3, 0.4) is 0 Å². The first-order valence-electron chi connectivity index (χ1n) is 6.04. The Morgan fingerprint density at radius 1 is 1.44 bits per heavy atom. The number of halogens is 1. The lowest BCUT2D eigenvalue weighted by Gasteiger charge is -2.38. The predicted molar refractivity (Wildman–Crippen MR) is 71.1 cm³/mol. The van der Waals surface area contributed by atoms with Gasteiger partial charge < -0.3 is 9.67 Å². The highest BCUT2D eigenvalue weighted by Gasteiger charge is 2.47. The van der Waals surface area contributed by atoms with Crippen LogP contribution in [0, 0.1) is 0 Å². The molecule has 0 aliphatic heterocycles. The van der Waals surface area contributed by atoms with Crippen molar-refractivity contribution in [3.63, 3.8) is 0 Å². The van der Waals surface area contributed by atoms with Crippen LogP contribution in [0.5, 0.6) is 0 Å². The van der Waals surface area contributed by atoms with Crippen molar-refractivity contribution in [3.8, 4) is 0 Å². The van der Waals surface area contributed by atoms with Gasteiger partial charge in [0.15, 0.2) is 0 Å². The minimum Gasteiger partial charge on any atom is -0.481 e. The molecular formula is C14H14ClNO2. The normalized spacial score (nSPS) is 17.7. The van der Waals surface area contributed by atoms with Crippen molar-refractivity contribution in [1.29, 1.82) is 0 Å². The second-order valence-electron chi connectivity index (χ2n) is 5.03. The van der Waals surface area contributed by atoms with E-state index in [2.05, 4.69) is 0 Å². The molecule has 4 heteroatoms. The smallest absolute Gasteiger partial charge is 0.314 e. The number of hydrogen-bond acceptors (Lipinski definition) is 1. The molecule has 1 saturated carbocycles. The standard InChI is InChI=1S/C14H14ClNO2/c1-16-8-10(15)12-9(4-2-5-11(12)16)14(13(17)18)6-3-7-14/h2,4-5,8H,3,6-7H2,1H3,(H,17,18). The Labute approximate surface area is 110 Å². The molecule has 0 radical (unpaired) electrons. The lowest BCUT2D eigenvalue weighted by molar-refractivity contribution is -0.147. The molecular weight excluding hydrogens is 250 g/mol. The van der Waals surface area contributed by atoms with Gasteiger partial charge in [0, 0.05) is 24.1 Å². The van der Waals surface area contributed by atoms with Crippen LogP contribution in [0.25, 0.3) is 10.9 Å². The molecule has 0 unspecified atom stereocenters. The second kappa shape index (κ2) is 3.75. The van der Waals surface area contributed by atoms with Crippen molar-refractivity contribution in [1.82, 2.24) is 4.57 Å². The average molecular weight is 264 g/mol. The molecule has 3 nitrogen and oxygen atoms in total. The van der Waals surface area contributed by atoms with Crippen molar-refractivity contribution in [2.75, 3.05) is 0 Å². The van der Waals surface area contributed by atoms with Crippen LogP contribution >= 0.6 is 11.6 Å². The number of aryl methyl sites for hydroxylation is 1. The van der Waals surface area contributed by atoms with E-state index in [9.17, 15) is 9.90 Å². The number of rotatable bonds is 2. The molecule has 1 fully saturated rings. The van der Waals surface area contributed by atoms with Gasteiger partial charge in [-0.3, -0.25) is 4.79 Å². The Morgan fingerprint density at radius 2 is 2.17 bits per heavy atom. The summed E-state index contributed by atoms with van der Waals surface area (Å²) in [6.07, 6.45) is 4.20. The molecule has 0 atom stereocenters. The van der Waals surface area contributed by atoms with Crippen LogP contribution < -0.4 is 0 Å². The van der Waals surface area contributed by atoms with E-state index in [4.69, 9.17) is 11.6 Å². The number of aromatic nitrogens is 1. The van der Waals surface area contributed by atoms with Crippen molar-refractivity contribution < 1.29 is 9.90 Å². The van der Waals surface area contributed by atoms with Crippen LogP contribution in [0.2, 0.25) is 5.02 Å². The summed E-state index contributed by atoms with van der Waals surface area (Å²) >= 11 is 6.26. The Kier molecular flexibility index (Phi) is 2.42. The predicted octanol–water partition coefficient (Wildman–Crippen LogP) is 3.34. The Bertz CT molecular complexity index is 641. The largest absolute Gasteiger partial charge is 0.481 e. The van der Waals surface area contributed by atoms with Crippen molar-refractivity contribution >= 4 is 28.5 Å². The van der Waals surface area contributed by atoms with Gasteiger partial charge in [0.25, 0.3) is 0 Å². The number of carboxylic acid groups (broad SMARTS) is 1. The third kappa shape index (κ3) is 1.34. The van der Waals surface area contributed by atoms with E-state index in [1.54, 1.807) is 0 Å². The van der Waals surface area contributed by atoms with E-state index in [1.165, 1.54) is 0 Å². The summed E-state index contributed by atoms with van der Waals surface area (Å²) in [5.74, 6) is -0.735. The van der Waals surface area contributed by atoms with Gasteiger partial charge in [0.2, 0.25) is 0 Å². The summed E-state index contributed by atoms with van der Waals surface area (Å²) < 4.78 is 1.94. The monoisotopic (exact) mass is 263 g/mol. The highest BCUT2D eigenvalue weighted by Crippen LogP contribution is 2.47. The van der Waals surface area contributed by atoms with Crippen LogP contribution in [0.1, 0.15) is 24.8 Å². The van der Waals surface area contributed by atoms with Crippen molar-refractivity contribution in [3.05, 3.63) is 35.0 Å². The van der Waals surface area contributed by atoms with Gasteiger partial charge in [-0.05, 0) is 24.5 Å². The molecule has 1 aliphatic rings. The minimum atomic E-state index is -0.735. The molecule has 0 bridgehead atoms. The number of carbonyl (C=O) groups is 1. The Morgan fingerprint density at radius 3 is 2.72 bits per heavy atom. The van der Waals surface area contributed by atoms with Gasteiger partial charge in [-0.15, -0.1) is 0 Å². The number of carboxylic acids is 1. The van der Waals surface area contributed by atoms with Crippen molar-refractivity contribution in [2.24, 2.45) is 7.05 Å². The molecule has 0 amide bonds. The molecule has 1 aliphatic carbocycles. The van der Waals surface area contributed by atoms with E-state index in [0.29, 0.717) is 17.9 Å². The zero-order valence-electron chi connectivity index (χ0n) is 10.1. The lowest BCUT2D eigenvalue weighted by Crippen LogP contribution is -2.42. The molecule has 0 saturated heterocycles. The van der Waals surface area contributed by atoms with E-state index >= 15 is 0 Å². The first-order valence-corrected chi connectivity index (χ1v) is 6.41. The van der Waals surface area contributed by atoms with E-state index in [0.717, 1.165) is 22.9 Å². The number of hydrogen-bond donors (Lipinski definition) is 1. The van der Waals surface area contributed by atoms with Gasteiger partial charge in [-0.2, -0.15) is 0 Å². The fraction of sp³-hybridized carbons (Fsp3) is 0.357. The molecule has 18 heavy (non-hydrogen) atoms. The van der Waals surface area contributed by atoms with Crippen LogP contribution in [-0.4, -0.2) is 15.6 Å². The summed E-state index contributed by atoms with van der Waals surface area (Å²) in [5.41, 5.74) is 1.12. The van der Waals surface area contributed by atoms with E-state index in [-0.39, 0.29) is 0 Å². The van der Waals surface area contributed by atoms with E-state index < -0.39 is 11.4 Å². The number of benzene rings is 1. The fourth-order valence-electron chi connectivity index (χ4n) is 2.92. The SMILES string of the molecule is Cn1cc(Cl)c2c(C3(C(=O)O)CCC3)cccc21. The average Bonchev–Trinajstić information content (AvgIpc) is 2.53. The second-order valence-corrected chi connectivity index (χ2v) is 5.44. The van der Waals surface area contributed by atoms with Crippen LogP contribution in [0.15, 0.2) is 24.4 Å². The summed E-state index contributed by atoms with van der Waals surface area (Å²) in [5, 5.41) is 11.1. The first-order chi connectivity index (χ1) is 8.56. The quantitative estimate of drug-likeness (QED) is 0.903. The first kappa shape index (κ1) is 11.6. The number of nitrogens with zero attached hydrogens (tertiary/aromatic N) is 1. The third-order valence-electron chi connectivity index (χ3n) is 4.10. The third-order valence-corrected chi connectivity index (χ3v) is 4.39. The number of fused-ring (bicyclic) bond motifs is 1. The molecule has 0 spiro atoms. The highest BCUT2D eigenvalue weighted by molar-refractivity contribution is 6.36. The summed E-state index contributed by atoms with van der Waals surface area (Å²) in [6, 6.07) is 5.79. The summed E-state index contributed by atoms with van der Waals surface area (Å²) in [7, 11) is 1.92. The molecule has 1 heterocycles. The minimum absolute atomic E-state index is 0.635. The zero-order chi connectivity index (χ0) is 12.9. The van der Waals surface area contributed by atoms with Gasteiger partial charge in [0.1, 0.15) is 0 Å². The van der Waals surface area contributed by atoms with Crippen molar-refractivity contribution in [2.45, 2.75) is 24.7 Å². The molecule has 94 valence electrons. The van der Waals surface area contributed by atoms with E-state index in [1.807, 2.05) is 36.0 Å². The van der Waals surface area contributed by atoms with Gasteiger partial charge in [-0.25, -0.2) is 0 Å². The Hall–Kier alpha value is -1.48. The molecule has 3 rings (SSSR count). The lowest BCUT2D eigenvalue weighted by atomic mass is 9.64. The van der Waals surface area contributed by atoms with Gasteiger partial charge >= 0.3 is 5.97 Å².